The van der Waals surface area contributed by atoms with Crippen LogP contribution in [0.15, 0.2) is 48.5 Å². The van der Waals surface area contributed by atoms with Crippen molar-refractivity contribution in [1.29, 1.82) is 0 Å². The van der Waals surface area contributed by atoms with E-state index in [1.54, 1.807) is 24.3 Å². The molecular weight excluding hydrogens is 273 g/mol. The van der Waals surface area contributed by atoms with Crippen molar-refractivity contribution < 1.29 is 14.3 Å². The molecule has 3 aromatic rings. The largest absolute Gasteiger partial charge is 0.478 e. The summed E-state index contributed by atoms with van der Waals surface area (Å²) in [6.45, 7) is 0. The van der Waals surface area contributed by atoms with Gasteiger partial charge in [-0.15, -0.1) is 5.10 Å². The average Bonchev–Trinajstić information content (AvgIpc) is 2.89. The van der Waals surface area contributed by atoms with E-state index in [1.165, 1.54) is 22.9 Å². The van der Waals surface area contributed by atoms with E-state index in [-0.39, 0.29) is 5.69 Å². The Bertz CT molecular complexity index is 855. The van der Waals surface area contributed by atoms with E-state index in [2.05, 4.69) is 10.3 Å². The molecule has 0 spiro atoms. The maximum Gasteiger partial charge on any atom is 0.328 e. The molecule has 0 atom stereocenters. The van der Waals surface area contributed by atoms with Gasteiger partial charge >= 0.3 is 5.97 Å². The standard InChI is InChI=1S/C15H10FN3O2/c16-11-5-3-4-10(8-9-14(20)21)15(11)19-13-7-2-1-6-12(13)17-18-19/h1-9H,(H,20,21)/b9-8+. The zero-order chi connectivity index (χ0) is 14.8. The summed E-state index contributed by atoms with van der Waals surface area (Å²) < 4.78 is 15.6. The van der Waals surface area contributed by atoms with Crippen molar-refractivity contribution in [2.24, 2.45) is 0 Å². The summed E-state index contributed by atoms with van der Waals surface area (Å²) in [5.41, 5.74) is 1.86. The van der Waals surface area contributed by atoms with Gasteiger partial charge in [0.05, 0.1) is 5.52 Å². The first-order valence-electron chi connectivity index (χ1n) is 6.17. The smallest absolute Gasteiger partial charge is 0.328 e. The molecule has 0 aliphatic heterocycles. The van der Waals surface area contributed by atoms with Crippen LogP contribution >= 0.6 is 0 Å². The normalized spacial score (nSPS) is 11.3. The predicted molar refractivity (Wildman–Crippen MR) is 75.5 cm³/mol. The van der Waals surface area contributed by atoms with E-state index in [1.807, 2.05) is 6.07 Å². The van der Waals surface area contributed by atoms with Crippen LogP contribution < -0.4 is 0 Å². The molecule has 1 N–H and O–H groups in total. The molecule has 0 saturated carbocycles. The van der Waals surface area contributed by atoms with Gasteiger partial charge in [-0.25, -0.2) is 13.9 Å². The zero-order valence-corrected chi connectivity index (χ0v) is 10.8. The minimum atomic E-state index is -1.10. The first-order chi connectivity index (χ1) is 10.2. The van der Waals surface area contributed by atoms with E-state index >= 15 is 0 Å². The van der Waals surface area contributed by atoms with Gasteiger partial charge in [0.1, 0.15) is 17.0 Å². The van der Waals surface area contributed by atoms with Crippen molar-refractivity contribution in [3.8, 4) is 5.69 Å². The number of nitrogens with zero attached hydrogens (tertiary/aromatic N) is 3. The molecule has 6 heteroatoms. The number of carbonyl (C=O) groups is 1. The highest BCUT2D eigenvalue weighted by Crippen LogP contribution is 2.23. The molecule has 5 nitrogen and oxygen atoms in total. The highest BCUT2D eigenvalue weighted by molar-refractivity contribution is 5.86. The van der Waals surface area contributed by atoms with Crippen molar-refractivity contribution in [1.82, 2.24) is 15.0 Å². The fourth-order valence-electron chi connectivity index (χ4n) is 2.09. The molecule has 104 valence electrons. The summed E-state index contributed by atoms with van der Waals surface area (Å²) in [4.78, 5) is 10.7. The minimum absolute atomic E-state index is 0.170. The van der Waals surface area contributed by atoms with E-state index in [0.29, 0.717) is 16.6 Å². The van der Waals surface area contributed by atoms with E-state index < -0.39 is 11.8 Å². The fraction of sp³-hybridized carbons (Fsp3) is 0. The summed E-state index contributed by atoms with van der Waals surface area (Å²) in [5.74, 6) is -1.60. The lowest BCUT2D eigenvalue weighted by molar-refractivity contribution is -0.131. The maximum atomic E-state index is 14.2. The predicted octanol–water partition coefficient (Wildman–Crippen LogP) is 2.66. The van der Waals surface area contributed by atoms with Gasteiger partial charge in [0, 0.05) is 11.6 Å². The van der Waals surface area contributed by atoms with E-state index in [0.717, 1.165) is 6.08 Å². The Morgan fingerprint density at radius 2 is 2.00 bits per heavy atom. The van der Waals surface area contributed by atoms with E-state index in [9.17, 15) is 9.18 Å². The summed E-state index contributed by atoms with van der Waals surface area (Å²) in [7, 11) is 0. The van der Waals surface area contributed by atoms with Gasteiger partial charge in [-0.1, -0.05) is 29.5 Å². The molecule has 0 aliphatic carbocycles. The number of fused-ring (bicyclic) bond motifs is 1. The first kappa shape index (κ1) is 13.0. The number of carboxylic acid groups (broad SMARTS) is 1. The monoisotopic (exact) mass is 283 g/mol. The summed E-state index contributed by atoms with van der Waals surface area (Å²) >= 11 is 0. The number of benzene rings is 2. The molecule has 3 rings (SSSR count). The Kier molecular flexibility index (Phi) is 3.19. The second-order valence-corrected chi connectivity index (χ2v) is 4.34. The lowest BCUT2D eigenvalue weighted by Gasteiger charge is -2.07. The molecule has 0 amide bonds. The summed E-state index contributed by atoms with van der Waals surface area (Å²) in [5, 5.41) is 16.7. The number of halogens is 1. The quantitative estimate of drug-likeness (QED) is 0.750. The van der Waals surface area contributed by atoms with Gasteiger partial charge < -0.3 is 5.11 Å². The molecule has 0 saturated heterocycles. The Hall–Kier alpha value is -3.02. The molecule has 0 bridgehead atoms. The zero-order valence-electron chi connectivity index (χ0n) is 10.8. The molecule has 1 heterocycles. The maximum absolute atomic E-state index is 14.2. The van der Waals surface area contributed by atoms with Crippen LogP contribution in [0, 0.1) is 5.82 Å². The van der Waals surface area contributed by atoms with Crippen LogP contribution in [-0.2, 0) is 4.79 Å². The van der Waals surface area contributed by atoms with Crippen LogP contribution in [-0.4, -0.2) is 26.1 Å². The van der Waals surface area contributed by atoms with Gasteiger partial charge in [-0.2, -0.15) is 0 Å². The van der Waals surface area contributed by atoms with Gasteiger partial charge in [-0.3, -0.25) is 0 Å². The number of rotatable bonds is 3. The Labute approximate surface area is 118 Å². The molecule has 0 fully saturated rings. The highest BCUT2D eigenvalue weighted by Gasteiger charge is 2.13. The van der Waals surface area contributed by atoms with Crippen LogP contribution in [0.4, 0.5) is 4.39 Å². The van der Waals surface area contributed by atoms with Crippen molar-refractivity contribution in [3.63, 3.8) is 0 Å². The second-order valence-electron chi connectivity index (χ2n) is 4.34. The van der Waals surface area contributed by atoms with Crippen LogP contribution in [0.3, 0.4) is 0 Å². The van der Waals surface area contributed by atoms with Gasteiger partial charge in [0.15, 0.2) is 0 Å². The number of carboxylic acids is 1. The average molecular weight is 283 g/mol. The fourth-order valence-corrected chi connectivity index (χ4v) is 2.09. The molecule has 21 heavy (non-hydrogen) atoms. The molecule has 0 aliphatic rings. The molecule has 0 unspecified atom stereocenters. The summed E-state index contributed by atoms with van der Waals surface area (Å²) in [6.07, 6.45) is 2.29. The van der Waals surface area contributed by atoms with Crippen molar-refractivity contribution in [3.05, 3.63) is 59.9 Å². The minimum Gasteiger partial charge on any atom is -0.478 e. The third-order valence-electron chi connectivity index (χ3n) is 2.99. The van der Waals surface area contributed by atoms with Gasteiger partial charge in [-0.05, 0) is 24.3 Å². The molecule has 1 aromatic heterocycles. The highest BCUT2D eigenvalue weighted by atomic mass is 19.1. The third kappa shape index (κ3) is 2.38. The van der Waals surface area contributed by atoms with Crippen LogP contribution in [0.2, 0.25) is 0 Å². The topological polar surface area (TPSA) is 68.0 Å². The third-order valence-corrected chi connectivity index (χ3v) is 2.99. The van der Waals surface area contributed by atoms with E-state index in [4.69, 9.17) is 5.11 Å². The number of aliphatic carboxylic acids is 1. The number of para-hydroxylation sites is 2. The SMILES string of the molecule is O=C(O)/C=C/c1cccc(F)c1-n1nnc2ccccc21. The molecular formula is C15H10FN3O2. The van der Waals surface area contributed by atoms with Gasteiger partial charge in [0.25, 0.3) is 0 Å². The number of aromatic nitrogens is 3. The second kappa shape index (κ2) is 5.16. The summed E-state index contributed by atoms with van der Waals surface area (Å²) in [6, 6.07) is 11.6. The van der Waals surface area contributed by atoms with Crippen LogP contribution in [0.5, 0.6) is 0 Å². The van der Waals surface area contributed by atoms with Crippen molar-refractivity contribution in [2.75, 3.05) is 0 Å². The van der Waals surface area contributed by atoms with Crippen molar-refractivity contribution >= 4 is 23.1 Å². The lowest BCUT2D eigenvalue weighted by Crippen LogP contribution is -2.03. The van der Waals surface area contributed by atoms with Crippen LogP contribution in [0.25, 0.3) is 22.8 Å². The Balaban J connectivity index is 2.24. The van der Waals surface area contributed by atoms with Gasteiger partial charge in [0.2, 0.25) is 0 Å². The Morgan fingerprint density at radius 1 is 1.19 bits per heavy atom. The number of hydrogen-bond donors (Lipinski definition) is 1. The first-order valence-corrected chi connectivity index (χ1v) is 6.17. The lowest BCUT2D eigenvalue weighted by atomic mass is 10.1. The van der Waals surface area contributed by atoms with Crippen molar-refractivity contribution in [2.45, 2.75) is 0 Å². The number of hydrogen-bond acceptors (Lipinski definition) is 3. The molecule has 2 aromatic carbocycles. The molecule has 0 radical (unpaired) electrons. The Morgan fingerprint density at radius 3 is 2.81 bits per heavy atom. The van der Waals surface area contributed by atoms with Crippen LogP contribution in [0.1, 0.15) is 5.56 Å².